The summed E-state index contributed by atoms with van der Waals surface area (Å²) >= 11 is 0. The van der Waals surface area contributed by atoms with Crippen molar-refractivity contribution < 1.29 is 9.53 Å². The van der Waals surface area contributed by atoms with Gasteiger partial charge in [-0.15, -0.1) is 0 Å². The maximum Gasteiger partial charge on any atom is 0.330 e. The van der Waals surface area contributed by atoms with Crippen molar-refractivity contribution in [2.45, 2.75) is 18.9 Å². The highest BCUT2D eigenvalue weighted by atomic mass is 16.5. The van der Waals surface area contributed by atoms with Crippen LogP contribution in [0.1, 0.15) is 18.1 Å². The molecule has 3 N–H and O–H groups in total. The van der Waals surface area contributed by atoms with Crippen LogP contribution >= 0.6 is 0 Å². The van der Waals surface area contributed by atoms with Crippen LogP contribution in [0.25, 0.3) is 0 Å². The van der Waals surface area contributed by atoms with Gasteiger partial charge in [0.25, 0.3) is 0 Å². The van der Waals surface area contributed by atoms with E-state index in [2.05, 4.69) is 4.98 Å². The van der Waals surface area contributed by atoms with E-state index < -0.39 is 5.54 Å². The lowest BCUT2D eigenvalue weighted by Crippen LogP contribution is -2.48. The number of H-pyrrole nitrogens is 1. The molecule has 76 valence electrons. The van der Waals surface area contributed by atoms with Crippen molar-refractivity contribution in [2.75, 3.05) is 7.11 Å². The Hall–Kier alpha value is -1.29. The Balaban J connectivity index is 2.49. The zero-order chi connectivity index (χ0) is 10.3. The first-order valence-electron chi connectivity index (χ1n) is 4.64. The molecule has 0 saturated carbocycles. The molecule has 4 nitrogen and oxygen atoms in total. The maximum atomic E-state index is 11.6. The van der Waals surface area contributed by atoms with E-state index in [-0.39, 0.29) is 11.9 Å². The number of hydrogen-bond acceptors (Lipinski definition) is 3. The third-order valence-electron chi connectivity index (χ3n) is 3.10. The van der Waals surface area contributed by atoms with Gasteiger partial charge in [0.15, 0.2) is 0 Å². The molecule has 1 aromatic rings. The van der Waals surface area contributed by atoms with E-state index in [4.69, 9.17) is 10.5 Å². The average molecular weight is 194 g/mol. The number of aromatic amines is 1. The first-order valence-corrected chi connectivity index (χ1v) is 4.64. The molecule has 0 amide bonds. The number of aromatic nitrogens is 1. The molecule has 0 bridgehead atoms. The van der Waals surface area contributed by atoms with Gasteiger partial charge in [0.1, 0.15) is 5.54 Å². The summed E-state index contributed by atoms with van der Waals surface area (Å²) < 4.78 is 4.76. The molecule has 0 saturated heterocycles. The number of rotatable bonds is 1. The highest BCUT2D eigenvalue weighted by molar-refractivity contribution is 5.84. The lowest BCUT2D eigenvalue weighted by Gasteiger charge is -2.26. The van der Waals surface area contributed by atoms with E-state index in [0.717, 1.165) is 17.5 Å². The van der Waals surface area contributed by atoms with Crippen LogP contribution in [0.4, 0.5) is 0 Å². The monoisotopic (exact) mass is 194 g/mol. The number of hydrogen-bond donors (Lipinski definition) is 2. The minimum absolute atomic E-state index is 0.0922. The average Bonchev–Trinajstić information content (AvgIpc) is 2.70. The molecule has 14 heavy (non-hydrogen) atoms. The summed E-state index contributed by atoms with van der Waals surface area (Å²) in [5.41, 5.74) is 7.14. The second-order valence-electron chi connectivity index (χ2n) is 3.86. The Morgan fingerprint density at radius 1 is 1.71 bits per heavy atom. The van der Waals surface area contributed by atoms with Crippen LogP contribution in [0, 0.1) is 5.92 Å². The molecule has 0 spiro atoms. The van der Waals surface area contributed by atoms with Gasteiger partial charge in [0, 0.05) is 18.0 Å². The largest absolute Gasteiger partial charge is 0.467 e. The second-order valence-corrected chi connectivity index (χ2v) is 3.86. The first kappa shape index (κ1) is 9.27. The van der Waals surface area contributed by atoms with Crippen LogP contribution < -0.4 is 5.73 Å². The highest BCUT2D eigenvalue weighted by Crippen LogP contribution is 2.39. The summed E-state index contributed by atoms with van der Waals surface area (Å²) in [5, 5.41) is 0. The fraction of sp³-hybridized carbons (Fsp3) is 0.500. The van der Waals surface area contributed by atoms with Crippen molar-refractivity contribution in [3.05, 3.63) is 23.5 Å². The molecular formula is C10H14N2O2. The van der Waals surface area contributed by atoms with E-state index in [0.29, 0.717) is 0 Å². The molecular weight excluding hydrogens is 180 g/mol. The van der Waals surface area contributed by atoms with Crippen molar-refractivity contribution in [3.8, 4) is 0 Å². The van der Waals surface area contributed by atoms with E-state index in [1.807, 2.05) is 13.1 Å². The Kier molecular flexibility index (Phi) is 1.89. The number of methoxy groups -OCH3 is 1. The van der Waals surface area contributed by atoms with Crippen molar-refractivity contribution in [2.24, 2.45) is 11.7 Å². The van der Waals surface area contributed by atoms with Gasteiger partial charge < -0.3 is 15.5 Å². The third kappa shape index (κ3) is 0.944. The minimum atomic E-state index is -0.968. The molecule has 2 unspecified atom stereocenters. The van der Waals surface area contributed by atoms with Gasteiger partial charge in [0.2, 0.25) is 0 Å². The molecule has 2 rings (SSSR count). The first-order chi connectivity index (χ1) is 6.60. The molecule has 1 aliphatic carbocycles. The molecule has 2 atom stereocenters. The van der Waals surface area contributed by atoms with E-state index >= 15 is 0 Å². The van der Waals surface area contributed by atoms with Crippen molar-refractivity contribution >= 4 is 5.97 Å². The lowest BCUT2D eigenvalue weighted by atomic mass is 9.86. The molecule has 1 heterocycles. The zero-order valence-electron chi connectivity index (χ0n) is 8.33. The van der Waals surface area contributed by atoms with Gasteiger partial charge >= 0.3 is 5.97 Å². The summed E-state index contributed by atoms with van der Waals surface area (Å²) in [6, 6.07) is 0. The fourth-order valence-corrected chi connectivity index (χ4v) is 2.19. The summed E-state index contributed by atoms with van der Waals surface area (Å²) in [6.07, 6.45) is 4.50. The van der Waals surface area contributed by atoms with Crippen molar-refractivity contribution in [3.63, 3.8) is 0 Å². The van der Waals surface area contributed by atoms with E-state index in [1.54, 1.807) is 6.20 Å². The van der Waals surface area contributed by atoms with Crippen molar-refractivity contribution in [1.29, 1.82) is 0 Å². The van der Waals surface area contributed by atoms with Crippen LogP contribution in [-0.4, -0.2) is 18.1 Å². The summed E-state index contributed by atoms with van der Waals surface area (Å²) in [7, 11) is 1.37. The lowest BCUT2D eigenvalue weighted by molar-refractivity contribution is -0.149. The third-order valence-corrected chi connectivity index (χ3v) is 3.10. The molecule has 0 aromatic carbocycles. The Bertz CT molecular complexity index is 372. The standard InChI is InChI=1S/C10H14N2O2/c1-6-3-7-4-12-5-8(7)10(6,11)9(13)14-2/h4-6,12H,3,11H2,1-2H3. The van der Waals surface area contributed by atoms with Crippen LogP contribution in [0.3, 0.4) is 0 Å². The van der Waals surface area contributed by atoms with Crippen LogP contribution in [0.5, 0.6) is 0 Å². The molecule has 0 aliphatic heterocycles. The number of nitrogens with one attached hydrogen (secondary N) is 1. The highest BCUT2D eigenvalue weighted by Gasteiger charge is 2.48. The van der Waals surface area contributed by atoms with Crippen molar-refractivity contribution in [1.82, 2.24) is 4.98 Å². The molecule has 0 radical (unpaired) electrons. The molecule has 4 heteroatoms. The smallest absolute Gasteiger partial charge is 0.330 e. The Labute approximate surface area is 82.4 Å². The predicted molar refractivity (Wildman–Crippen MR) is 51.5 cm³/mol. The van der Waals surface area contributed by atoms with Gasteiger partial charge in [-0.1, -0.05) is 6.92 Å². The summed E-state index contributed by atoms with van der Waals surface area (Å²) in [5.74, 6) is -0.266. The number of esters is 1. The number of fused-ring (bicyclic) bond motifs is 1. The van der Waals surface area contributed by atoms with E-state index in [9.17, 15) is 4.79 Å². The topological polar surface area (TPSA) is 68.1 Å². The van der Waals surface area contributed by atoms with E-state index in [1.165, 1.54) is 7.11 Å². The number of nitrogens with two attached hydrogens (primary N) is 1. The second kappa shape index (κ2) is 2.85. The minimum Gasteiger partial charge on any atom is -0.467 e. The van der Waals surface area contributed by atoms with Crippen LogP contribution in [-0.2, 0) is 21.5 Å². The van der Waals surface area contributed by atoms with Gasteiger partial charge in [-0.05, 0) is 17.9 Å². The normalized spacial score (nSPS) is 30.1. The van der Waals surface area contributed by atoms with Gasteiger partial charge in [-0.3, -0.25) is 0 Å². The number of carbonyl (C=O) groups is 1. The number of carbonyl (C=O) groups excluding carboxylic acids is 1. The van der Waals surface area contributed by atoms with Gasteiger partial charge in [0.05, 0.1) is 7.11 Å². The molecule has 1 aliphatic rings. The SMILES string of the molecule is COC(=O)C1(N)c2c[nH]cc2CC1C. The zero-order valence-corrected chi connectivity index (χ0v) is 8.33. The Morgan fingerprint density at radius 3 is 3.07 bits per heavy atom. The number of ether oxygens (including phenoxy) is 1. The summed E-state index contributed by atoms with van der Waals surface area (Å²) in [4.78, 5) is 14.6. The van der Waals surface area contributed by atoms with Crippen LogP contribution in [0.15, 0.2) is 12.4 Å². The quantitative estimate of drug-likeness (QED) is 0.641. The molecule has 0 fully saturated rings. The Morgan fingerprint density at radius 2 is 2.43 bits per heavy atom. The maximum absolute atomic E-state index is 11.6. The van der Waals surface area contributed by atoms with Crippen LogP contribution in [0.2, 0.25) is 0 Å². The van der Waals surface area contributed by atoms with Gasteiger partial charge in [-0.25, -0.2) is 4.79 Å². The fourth-order valence-electron chi connectivity index (χ4n) is 2.19. The molecule has 1 aromatic heterocycles. The summed E-state index contributed by atoms with van der Waals surface area (Å²) in [6.45, 7) is 1.97. The predicted octanol–water partition coefficient (Wildman–Crippen LogP) is 0.534. The van der Waals surface area contributed by atoms with Gasteiger partial charge in [-0.2, -0.15) is 0 Å².